The van der Waals surface area contributed by atoms with E-state index in [1.807, 2.05) is 72.8 Å². The molecule has 6 heteroatoms. The summed E-state index contributed by atoms with van der Waals surface area (Å²) in [6.07, 6.45) is 10.5. The van der Waals surface area contributed by atoms with Gasteiger partial charge in [0.05, 0.1) is 0 Å². The highest BCUT2D eigenvalue weighted by molar-refractivity contribution is 5.79. The molecule has 0 spiro atoms. The van der Waals surface area contributed by atoms with E-state index in [2.05, 4.69) is 33.2 Å². The largest absolute Gasteiger partial charge is 0.456 e. The Hall–Kier alpha value is -5.49. The summed E-state index contributed by atoms with van der Waals surface area (Å²) in [5, 5.41) is 0. The molecule has 0 aliphatic rings. The van der Waals surface area contributed by atoms with Gasteiger partial charge in [-0.3, -0.25) is 15.0 Å². The van der Waals surface area contributed by atoms with Crippen molar-refractivity contribution in [2.75, 3.05) is 0 Å². The summed E-state index contributed by atoms with van der Waals surface area (Å²) in [5.41, 5.74) is 5.63. The van der Waals surface area contributed by atoms with Gasteiger partial charge < -0.3 is 13.3 Å². The average molecular weight is 508 g/mol. The van der Waals surface area contributed by atoms with Crippen LogP contribution >= 0.6 is 0 Å². The van der Waals surface area contributed by atoms with Crippen LogP contribution in [0.4, 0.5) is 0 Å². The third-order valence-electron chi connectivity index (χ3n) is 6.50. The van der Waals surface area contributed by atoms with Crippen molar-refractivity contribution in [1.82, 2.24) is 15.0 Å². The maximum absolute atomic E-state index is 6.28. The zero-order chi connectivity index (χ0) is 26.0. The second kappa shape index (κ2) is 9.76. The van der Waals surface area contributed by atoms with Crippen molar-refractivity contribution in [3.8, 4) is 67.9 Å². The predicted octanol–water partition coefficient (Wildman–Crippen LogP) is 8.65. The maximum atomic E-state index is 6.28. The molecule has 0 fully saturated rings. The molecule has 6 nitrogen and oxygen atoms in total. The minimum absolute atomic E-state index is 0.742. The number of hydrogen-bond acceptors (Lipinski definition) is 6. The van der Waals surface area contributed by atoms with Gasteiger partial charge in [-0.1, -0.05) is 0 Å². The molecule has 6 heterocycles. The summed E-state index contributed by atoms with van der Waals surface area (Å²) >= 11 is 0. The van der Waals surface area contributed by atoms with E-state index in [9.17, 15) is 0 Å². The lowest BCUT2D eigenvalue weighted by Gasteiger charge is -2.07. The van der Waals surface area contributed by atoms with E-state index >= 15 is 0 Å². The maximum Gasteiger partial charge on any atom is 0.134 e. The first kappa shape index (κ1) is 22.7. The van der Waals surface area contributed by atoms with Crippen molar-refractivity contribution < 1.29 is 13.3 Å². The molecule has 0 bridgehead atoms. The minimum Gasteiger partial charge on any atom is -0.456 e. The van der Waals surface area contributed by atoms with Gasteiger partial charge in [-0.2, -0.15) is 0 Å². The van der Waals surface area contributed by atoms with Gasteiger partial charge in [0.15, 0.2) is 0 Å². The molecule has 0 saturated heterocycles. The van der Waals surface area contributed by atoms with E-state index < -0.39 is 0 Å². The van der Waals surface area contributed by atoms with Gasteiger partial charge in [0, 0.05) is 70.6 Å². The van der Waals surface area contributed by atoms with Crippen LogP contribution in [0, 0.1) is 0 Å². The number of pyridine rings is 3. The SMILES string of the molecule is c1cc(-c2ccc(-c3cc(-c4ccc(-c5ccncc5)o4)cc(-c4ccc(-c5ccncc5)o4)c3)o2)ccn1. The third-order valence-corrected chi connectivity index (χ3v) is 6.50. The van der Waals surface area contributed by atoms with Crippen LogP contribution < -0.4 is 0 Å². The Bertz CT molecular complexity index is 1620. The Morgan fingerprint density at radius 2 is 0.513 bits per heavy atom. The van der Waals surface area contributed by atoms with E-state index in [-0.39, 0.29) is 0 Å². The Kier molecular flexibility index (Phi) is 5.68. The first-order valence-electron chi connectivity index (χ1n) is 12.5. The Morgan fingerprint density at radius 1 is 0.282 bits per heavy atom. The Labute approximate surface area is 224 Å². The van der Waals surface area contributed by atoms with Gasteiger partial charge in [0.2, 0.25) is 0 Å². The number of hydrogen-bond donors (Lipinski definition) is 0. The molecule has 7 rings (SSSR count). The monoisotopic (exact) mass is 507 g/mol. The van der Waals surface area contributed by atoms with Gasteiger partial charge in [-0.15, -0.1) is 0 Å². The summed E-state index contributed by atoms with van der Waals surface area (Å²) in [6, 6.07) is 29.6. The van der Waals surface area contributed by atoms with Crippen molar-refractivity contribution in [2.24, 2.45) is 0 Å². The molecule has 6 aromatic heterocycles. The molecule has 0 N–H and O–H groups in total. The van der Waals surface area contributed by atoms with E-state index in [0.717, 1.165) is 67.9 Å². The Balaban J connectivity index is 1.33. The molecular formula is C33H21N3O3. The van der Waals surface area contributed by atoms with Gasteiger partial charge >= 0.3 is 0 Å². The van der Waals surface area contributed by atoms with Crippen LogP contribution in [-0.2, 0) is 0 Å². The number of rotatable bonds is 6. The summed E-state index contributed by atoms with van der Waals surface area (Å²) in [7, 11) is 0. The standard InChI is InChI=1S/C33H21N3O3/c1-4-31(37-28(1)22-7-13-34-14-8-22)25-19-26(32-5-2-29(38-32)23-9-15-35-16-10-23)21-27(20-25)33-6-3-30(39-33)24-11-17-36-18-12-24/h1-21H. The van der Waals surface area contributed by atoms with Crippen LogP contribution in [0.5, 0.6) is 0 Å². The Morgan fingerprint density at radius 3 is 0.769 bits per heavy atom. The van der Waals surface area contributed by atoms with Crippen molar-refractivity contribution in [3.63, 3.8) is 0 Å². The second-order valence-electron chi connectivity index (χ2n) is 9.00. The topological polar surface area (TPSA) is 78.1 Å². The van der Waals surface area contributed by atoms with Crippen LogP contribution in [0.3, 0.4) is 0 Å². The lowest BCUT2D eigenvalue weighted by Crippen LogP contribution is -1.83. The first-order chi connectivity index (χ1) is 19.3. The van der Waals surface area contributed by atoms with Gasteiger partial charge in [0.25, 0.3) is 0 Å². The molecule has 0 unspecified atom stereocenters. The third kappa shape index (κ3) is 4.55. The van der Waals surface area contributed by atoms with Crippen LogP contribution in [0.15, 0.2) is 141 Å². The molecule has 1 aromatic carbocycles. The predicted molar refractivity (Wildman–Crippen MR) is 149 cm³/mol. The zero-order valence-electron chi connectivity index (χ0n) is 20.7. The molecule has 0 amide bonds. The molecule has 0 radical (unpaired) electrons. The fourth-order valence-electron chi connectivity index (χ4n) is 4.55. The highest BCUT2D eigenvalue weighted by atomic mass is 16.3. The van der Waals surface area contributed by atoms with Gasteiger partial charge in [-0.25, -0.2) is 0 Å². The highest BCUT2D eigenvalue weighted by Crippen LogP contribution is 2.38. The molecule has 39 heavy (non-hydrogen) atoms. The number of nitrogens with zero attached hydrogens (tertiary/aromatic N) is 3. The summed E-state index contributed by atoms with van der Waals surface area (Å²) in [5.74, 6) is 4.55. The van der Waals surface area contributed by atoms with Crippen LogP contribution in [0.25, 0.3) is 67.9 Å². The van der Waals surface area contributed by atoms with E-state index in [0.29, 0.717) is 0 Å². The molecular weight excluding hydrogens is 486 g/mol. The summed E-state index contributed by atoms with van der Waals surface area (Å²) in [6.45, 7) is 0. The summed E-state index contributed by atoms with van der Waals surface area (Å²) in [4.78, 5) is 12.3. The molecule has 186 valence electrons. The normalized spacial score (nSPS) is 11.1. The second-order valence-corrected chi connectivity index (χ2v) is 9.00. The van der Waals surface area contributed by atoms with Crippen LogP contribution in [-0.4, -0.2) is 15.0 Å². The van der Waals surface area contributed by atoms with Crippen molar-refractivity contribution in [1.29, 1.82) is 0 Å². The van der Waals surface area contributed by atoms with E-state index in [1.165, 1.54) is 0 Å². The molecule has 0 saturated carbocycles. The number of aromatic nitrogens is 3. The zero-order valence-corrected chi connectivity index (χ0v) is 20.7. The van der Waals surface area contributed by atoms with Crippen LogP contribution in [0.1, 0.15) is 0 Å². The van der Waals surface area contributed by atoms with Gasteiger partial charge in [-0.05, 0) is 91.0 Å². The van der Waals surface area contributed by atoms with E-state index in [4.69, 9.17) is 13.3 Å². The van der Waals surface area contributed by atoms with Crippen molar-refractivity contribution >= 4 is 0 Å². The van der Waals surface area contributed by atoms with Gasteiger partial charge in [0.1, 0.15) is 34.6 Å². The lowest BCUT2D eigenvalue weighted by atomic mass is 10.0. The first-order valence-corrected chi connectivity index (χ1v) is 12.5. The molecule has 0 aliphatic heterocycles. The van der Waals surface area contributed by atoms with Crippen molar-refractivity contribution in [2.45, 2.75) is 0 Å². The quantitative estimate of drug-likeness (QED) is 0.224. The average Bonchev–Trinajstić information content (AvgIpc) is 3.80. The smallest absolute Gasteiger partial charge is 0.134 e. The molecule has 0 atom stereocenters. The number of furan rings is 3. The number of benzene rings is 1. The minimum atomic E-state index is 0.742. The fraction of sp³-hybridized carbons (Fsp3) is 0. The van der Waals surface area contributed by atoms with E-state index in [1.54, 1.807) is 37.2 Å². The molecule has 0 aliphatic carbocycles. The highest BCUT2D eigenvalue weighted by Gasteiger charge is 2.16. The fourth-order valence-corrected chi connectivity index (χ4v) is 4.55. The van der Waals surface area contributed by atoms with Crippen LogP contribution in [0.2, 0.25) is 0 Å². The van der Waals surface area contributed by atoms with Crippen molar-refractivity contribution in [3.05, 3.63) is 128 Å². The summed E-state index contributed by atoms with van der Waals surface area (Å²) < 4.78 is 18.9. The lowest BCUT2D eigenvalue weighted by molar-refractivity contribution is 0.593. The molecule has 7 aromatic rings.